The Balaban J connectivity index is 2.11. The zero-order valence-corrected chi connectivity index (χ0v) is 10.9. The molecule has 0 spiro atoms. The van der Waals surface area contributed by atoms with Crippen molar-refractivity contribution in [2.24, 2.45) is 0 Å². The Morgan fingerprint density at radius 2 is 1.94 bits per heavy atom. The lowest BCUT2D eigenvalue weighted by Crippen LogP contribution is -1.98. The van der Waals surface area contributed by atoms with Gasteiger partial charge in [-0.25, -0.2) is 0 Å². The van der Waals surface area contributed by atoms with Gasteiger partial charge in [-0.3, -0.25) is 4.98 Å². The molecule has 0 aliphatic rings. The Morgan fingerprint density at radius 1 is 1.12 bits per heavy atom. The Bertz CT molecular complexity index is 491. The Labute approximate surface area is 107 Å². The van der Waals surface area contributed by atoms with Crippen molar-refractivity contribution in [3.63, 3.8) is 0 Å². The molecule has 0 amide bonds. The fourth-order valence-corrected chi connectivity index (χ4v) is 2.08. The number of alkyl halides is 1. The van der Waals surface area contributed by atoms with Gasteiger partial charge >= 0.3 is 0 Å². The minimum Gasteiger partial charge on any atom is -0.261 e. The summed E-state index contributed by atoms with van der Waals surface area (Å²) in [4.78, 5) is 4.38. The summed E-state index contributed by atoms with van der Waals surface area (Å²) >= 11 is 6.41. The molecule has 0 aliphatic carbocycles. The first-order valence-corrected chi connectivity index (χ1v) is 6.21. The summed E-state index contributed by atoms with van der Waals surface area (Å²) in [7, 11) is 0. The van der Waals surface area contributed by atoms with Gasteiger partial charge in [0.1, 0.15) is 0 Å². The third-order valence-corrected chi connectivity index (χ3v) is 3.17. The van der Waals surface area contributed by atoms with E-state index in [1.54, 1.807) is 0 Å². The molecule has 1 heterocycles. The maximum absolute atomic E-state index is 6.41. The van der Waals surface area contributed by atoms with Crippen LogP contribution < -0.4 is 0 Å². The molecule has 0 bridgehead atoms. The van der Waals surface area contributed by atoms with Crippen LogP contribution >= 0.6 is 11.6 Å². The van der Waals surface area contributed by atoms with Crippen LogP contribution in [0.15, 0.2) is 42.6 Å². The van der Waals surface area contributed by atoms with Gasteiger partial charge in [0.2, 0.25) is 0 Å². The molecule has 0 fully saturated rings. The molecule has 88 valence electrons. The van der Waals surface area contributed by atoms with Crippen molar-refractivity contribution < 1.29 is 0 Å². The number of aryl methyl sites for hydroxylation is 2. The van der Waals surface area contributed by atoms with Crippen LogP contribution in [0.2, 0.25) is 0 Å². The zero-order valence-electron chi connectivity index (χ0n) is 10.2. The van der Waals surface area contributed by atoms with Crippen LogP contribution in [0, 0.1) is 13.8 Å². The Kier molecular flexibility index (Phi) is 3.80. The van der Waals surface area contributed by atoms with Gasteiger partial charge in [-0.15, -0.1) is 11.6 Å². The number of pyridine rings is 1. The normalized spacial score (nSPS) is 12.4. The van der Waals surface area contributed by atoms with Crippen LogP contribution in [-0.4, -0.2) is 4.98 Å². The lowest BCUT2D eigenvalue weighted by atomic mass is 10.0. The molecule has 2 rings (SSSR count). The Morgan fingerprint density at radius 3 is 2.59 bits per heavy atom. The van der Waals surface area contributed by atoms with Crippen molar-refractivity contribution in [3.05, 3.63) is 65.0 Å². The summed E-state index contributed by atoms with van der Waals surface area (Å²) in [5.41, 5.74) is 4.62. The molecule has 17 heavy (non-hydrogen) atoms. The predicted molar refractivity (Wildman–Crippen MR) is 72.5 cm³/mol. The van der Waals surface area contributed by atoms with E-state index in [0.29, 0.717) is 0 Å². The van der Waals surface area contributed by atoms with Gasteiger partial charge in [0.05, 0.1) is 5.38 Å². The van der Waals surface area contributed by atoms with Gasteiger partial charge in [0, 0.05) is 18.3 Å². The van der Waals surface area contributed by atoms with Crippen LogP contribution in [0.3, 0.4) is 0 Å². The highest BCUT2D eigenvalue weighted by molar-refractivity contribution is 6.20. The highest BCUT2D eigenvalue weighted by Crippen LogP contribution is 2.24. The maximum atomic E-state index is 6.41. The van der Waals surface area contributed by atoms with E-state index in [2.05, 4.69) is 36.2 Å². The fraction of sp³-hybridized carbons (Fsp3) is 0.267. The van der Waals surface area contributed by atoms with Crippen molar-refractivity contribution in [2.45, 2.75) is 25.6 Å². The smallest absolute Gasteiger partial charge is 0.0640 e. The number of nitrogens with zero attached hydrogens (tertiary/aromatic N) is 1. The molecule has 0 aliphatic heterocycles. The lowest BCUT2D eigenvalue weighted by molar-refractivity contribution is 0.877. The van der Waals surface area contributed by atoms with E-state index in [-0.39, 0.29) is 5.38 Å². The van der Waals surface area contributed by atoms with Gasteiger partial charge < -0.3 is 0 Å². The van der Waals surface area contributed by atoms with Crippen molar-refractivity contribution >= 4 is 11.6 Å². The van der Waals surface area contributed by atoms with Crippen LogP contribution in [0.5, 0.6) is 0 Å². The molecule has 0 radical (unpaired) electrons. The number of halogens is 1. The summed E-state index contributed by atoms with van der Waals surface area (Å²) in [5, 5.41) is -0.00916. The average Bonchev–Trinajstić information content (AvgIpc) is 2.32. The van der Waals surface area contributed by atoms with Crippen molar-refractivity contribution in [1.29, 1.82) is 0 Å². The minimum atomic E-state index is -0.00916. The van der Waals surface area contributed by atoms with Crippen molar-refractivity contribution in [2.75, 3.05) is 0 Å². The zero-order chi connectivity index (χ0) is 12.3. The van der Waals surface area contributed by atoms with E-state index < -0.39 is 0 Å². The van der Waals surface area contributed by atoms with Crippen molar-refractivity contribution in [3.8, 4) is 0 Å². The SMILES string of the molecule is Cc1ccc(CC(Cl)c2cccc(C)c2)nc1. The highest BCUT2D eigenvalue weighted by atomic mass is 35.5. The summed E-state index contributed by atoms with van der Waals surface area (Å²) in [6.07, 6.45) is 2.65. The topological polar surface area (TPSA) is 12.9 Å². The van der Waals surface area contributed by atoms with Crippen LogP contribution in [-0.2, 0) is 6.42 Å². The monoisotopic (exact) mass is 245 g/mol. The van der Waals surface area contributed by atoms with Crippen LogP contribution in [0.25, 0.3) is 0 Å². The van der Waals surface area contributed by atoms with E-state index in [0.717, 1.165) is 17.7 Å². The van der Waals surface area contributed by atoms with Gasteiger partial charge in [-0.2, -0.15) is 0 Å². The molecule has 1 unspecified atom stereocenters. The first kappa shape index (κ1) is 12.1. The van der Waals surface area contributed by atoms with E-state index >= 15 is 0 Å². The highest BCUT2D eigenvalue weighted by Gasteiger charge is 2.09. The lowest BCUT2D eigenvalue weighted by Gasteiger charge is -2.10. The largest absolute Gasteiger partial charge is 0.261 e. The van der Waals surface area contributed by atoms with E-state index in [9.17, 15) is 0 Å². The van der Waals surface area contributed by atoms with Crippen LogP contribution in [0.4, 0.5) is 0 Å². The van der Waals surface area contributed by atoms with Gasteiger partial charge in [0.25, 0.3) is 0 Å². The van der Waals surface area contributed by atoms with E-state index in [1.165, 1.54) is 11.1 Å². The summed E-state index contributed by atoms with van der Waals surface area (Å²) in [6, 6.07) is 12.4. The summed E-state index contributed by atoms with van der Waals surface area (Å²) < 4.78 is 0. The quantitative estimate of drug-likeness (QED) is 0.738. The molecule has 1 atom stereocenters. The summed E-state index contributed by atoms with van der Waals surface area (Å²) in [6.45, 7) is 4.12. The molecule has 0 saturated heterocycles. The van der Waals surface area contributed by atoms with Crippen molar-refractivity contribution in [1.82, 2.24) is 4.98 Å². The molecule has 1 aromatic heterocycles. The second-order valence-electron chi connectivity index (χ2n) is 4.41. The molecule has 2 heteroatoms. The maximum Gasteiger partial charge on any atom is 0.0640 e. The van der Waals surface area contributed by atoms with E-state index in [4.69, 9.17) is 11.6 Å². The first-order chi connectivity index (χ1) is 8.15. The standard InChI is InChI=1S/C15H16ClN/c1-11-4-3-5-13(8-11)15(16)9-14-7-6-12(2)10-17-14/h3-8,10,15H,9H2,1-2H3. The minimum absolute atomic E-state index is 0.00916. The molecule has 2 aromatic rings. The van der Waals surface area contributed by atoms with E-state index in [1.807, 2.05) is 25.3 Å². The third kappa shape index (κ3) is 3.31. The van der Waals surface area contributed by atoms with Gasteiger partial charge in [0.15, 0.2) is 0 Å². The van der Waals surface area contributed by atoms with Crippen LogP contribution in [0.1, 0.15) is 27.8 Å². The van der Waals surface area contributed by atoms with Gasteiger partial charge in [-0.1, -0.05) is 35.9 Å². The molecule has 0 N–H and O–H groups in total. The fourth-order valence-electron chi connectivity index (χ4n) is 1.79. The summed E-state index contributed by atoms with van der Waals surface area (Å²) in [5.74, 6) is 0. The van der Waals surface area contributed by atoms with Gasteiger partial charge in [-0.05, 0) is 31.0 Å². The second kappa shape index (κ2) is 5.33. The number of hydrogen-bond donors (Lipinski definition) is 0. The number of hydrogen-bond acceptors (Lipinski definition) is 1. The number of benzene rings is 1. The average molecular weight is 246 g/mol. The molecule has 1 aromatic carbocycles. The molecular formula is C15H16ClN. The predicted octanol–water partition coefficient (Wildman–Crippen LogP) is 4.22. The number of rotatable bonds is 3. The third-order valence-electron chi connectivity index (χ3n) is 2.76. The Hall–Kier alpha value is -1.34. The molecular weight excluding hydrogens is 230 g/mol. The molecule has 1 nitrogen and oxygen atoms in total. The molecule has 0 saturated carbocycles. The number of aromatic nitrogens is 1. The second-order valence-corrected chi connectivity index (χ2v) is 4.94. The first-order valence-electron chi connectivity index (χ1n) is 5.77.